The highest BCUT2D eigenvalue weighted by Crippen LogP contribution is 2.33. The van der Waals surface area contributed by atoms with Gasteiger partial charge in [-0.1, -0.05) is 10.2 Å². The van der Waals surface area contributed by atoms with E-state index in [0.717, 1.165) is 0 Å². The zero-order valence-corrected chi connectivity index (χ0v) is 15.5. The van der Waals surface area contributed by atoms with Gasteiger partial charge in [-0.05, 0) is 52.5 Å². The summed E-state index contributed by atoms with van der Waals surface area (Å²) in [6.45, 7) is -2.02. The molecule has 0 atom stereocenters. The third-order valence-corrected chi connectivity index (χ3v) is 3.05. The average molecular weight is 434 g/mol. The minimum atomic E-state index is -2.02. The van der Waals surface area contributed by atoms with Gasteiger partial charge in [0.1, 0.15) is 13.5 Å². The summed E-state index contributed by atoms with van der Waals surface area (Å²) in [5.74, 6) is -2.02. The third-order valence-electron chi connectivity index (χ3n) is 2.83. The van der Waals surface area contributed by atoms with Crippen LogP contribution in [0.1, 0.15) is 5.56 Å². The van der Waals surface area contributed by atoms with Gasteiger partial charge in [-0.25, -0.2) is 0 Å². The van der Waals surface area contributed by atoms with Crippen LogP contribution in [0.4, 0.5) is 0 Å². The van der Waals surface area contributed by atoms with E-state index in [2.05, 4.69) is 20.1 Å². The molecule has 0 amide bonds. The summed E-state index contributed by atoms with van der Waals surface area (Å²) >= 11 is 10.5. The van der Waals surface area contributed by atoms with Crippen molar-refractivity contribution in [1.29, 1.82) is 0 Å². The number of nitrogens with two attached hydrogens (primary N) is 1. The van der Waals surface area contributed by atoms with E-state index in [4.69, 9.17) is 58.9 Å². The Morgan fingerprint density at radius 2 is 1.50 bits per heavy atom. The fourth-order valence-electron chi connectivity index (χ4n) is 1.74. The highest BCUT2D eigenvalue weighted by molar-refractivity contribution is 6.64. The number of benzene rings is 1. The van der Waals surface area contributed by atoms with Gasteiger partial charge in [-0.15, -0.1) is 0 Å². The second kappa shape index (κ2) is 11.8. The zero-order chi connectivity index (χ0) is 21.0. The smallest absolute Gasteiger partial charge is 0.259 e. The van der Waals surface area contributed by atoms with E-state index in [9.17, 15) is 9.59 Å². The summed E-state index contributed by atoms with van der Waals surface area (Å²) in [5.41, 5.74) is 22.9. The lowest BCUT2D eigenvalue weighted by Gasteiger charge is -2.29. The number of halogens is 2. The molecule has 0 aromatic heterocycles. The van der Waals surface area contributed by atoms with Crippen molar-refractivity contribution in [1.82, 2.24) is 0 Å². The average Bonchev–Trinajstić information content (AvgIpc) is 2.65. The fraction of sp³-hybridized carbons (Fsp3) is 0.385. The third kappa shape index (κ3) is 7.86. The van der Waals surface area contributed by atoms with Gasteiger partial charge in [-0.3, -0.25) is 15.3 Å². The Labute approximate surface area is 167 Å². The van der Waals surface area contributed by atoms with Gasteiger partial charge in [0.2, 0.25) is 0 Å². The molecule has 0 bridgehead atoms. The number of ether oxygens (including phenoxy) is 4. The van der Waals surface area contributed by atoms with Crippen LogP contribution >= 0.6 is 23.2 Å². The van der Waals surface area contributed by atoms with Crippen molar-refractivity contribution in [3.8, 4) is 11.5 Å². The molecule has 0 unspecified atom stereocenters. The molecule has 0 saturated carbocycles. The molecule has 1 aromatic rings. The van der Waals surface area contributed by atoms with E-state index >= 15 is 0 Å². The lowest BCUT2D eigenvalue weighted by molar-refractivity contribution is -0.241. The number of hydrogen-bond donors (Lipinski definition) is 1. The van der Waals surface area contributed by atoms with Gasteiger partial charge >= 0.3 is 0 Å². The highest BCUT2D eigenvalue weighted by atomic mass is 35.5. The van der Waals surface area contributed by atoms with Crippen molar-refractivity contribution in [2.24, 2.45) is 16.0 Å². The SMILES string of the molecule is [N-]=[N+]=NCOC(N)(OCN=[N+]=[N-])c1ccc(OCC(=O)Cl)c(OCC(=O)Cl)c1. The molecule has 0 saturated heterocycles. The molecule has 13 nitrogen and oxygen atoms in total. The Balaban J connectivity index is 3.24. The highest BCUT2D eigenvalue weighted by Gasteiger charge is 2.31. The maximum absolute atomic E-state index is 11.0. The Kier molecular flexibility index (Phi) is 9.85. The summed E-state index contributed by atoms with van der Waals surface area (Å²) in [6.07, 6.45) is 0. The number of rotatable bonds is 13. The molecule has 0 fully saturated rings. The van der Waals surface area contributed by atoms with Crippen molar-refractivity contribution in [2.75, 3.05) is 26.7 Å². The van der Waals surface area contributed by atoms with Crippen LogP contribution in [-0.2, 0) is 25.0 Å². The summed E-state index contributed by atoms with van der Waals surface area (Å²) < 4.78 is 20.8. The van der Waals surface area contributed by atoms with Crippen molar-refractivity contribution < 1.29 is 28.5 Å². The molecule has 0 aliphatic carbocycles. The van der Waals surface area contributed by atoms with Crippen LogP contribution in [0.3, 0.4) is 0 Å². The zero-order valence-electron chi connectivity index (χ0n) is 14.0. The molecule has 1 aromatic carbocycles. The van der Waals surface area contributed by atoms with E-state index < -0.39 is 43.1 Å². The van der Waals surface area contributed by atoms with E-state index in [1.807, 2.05) is 0 Å². The molecular weight excluding hydrogens is 421 g/mol. The molecule has 0 heterocycles. The van der Waals surface area contributed by atoms with Crippen LogP contribution in [0.15, 0.2) is 28.4 Å². The molecule has 0 spiro atoms. The molecule has 0 aliphatic rings. The molecule has 28 heavy (non-hydrogen) atoms. The minimum Gasteiger partial charge on any atom is -0.481 e. The predicted octanol–water partition coefficient (Wildman–Crippen LogP) is 2.61. The Hall–Kier alpha value is -2.76. The van der Waals surface area contributed by atoms with Gasteiger partial charge < -0.3 is 18.9 Å². The van der Waals surface area contributed by atoms with Crippen LogP contribution in [0.25, 0.3) is 20.9 Å². The monoisotopic (exact) mass is 433 g/mol. The lowest BCUT2D eigenvalue weighted by Crippen LogP contribution is -2.42. The first-order valence-electron chi connectivity index (χ1n) is 7.17. The molecule has 0 radical (unpaired) electrons. The van der Waals surface area contributed by atoms with Gasteiger partial charge in [-0.2, -0.15) is 0 Å². The van der Waals surface area contributed by atoms with Gasteiger partial charge in [0.15, 0.2) is 24.7 Å². The van der Waals surface area contributed by atoms with Crippen molar-refractivity contribution in [3.63, 3.8) is 0 Å². The first-order chi connectivity index (χ1) is 13.3. The molecule has 15 heteroatoms. The molecule has 1 rings (SSSR count). The second-order valence-electron chi connectivity index (χ2n) is 4.63. The summed E-state index contributed by atoms with van der Waals surface area (Å²) in [7, 11) is 0. The predicted molar refractivity (Wildman–Crippen MR) is 95.2 cm³/mol. The van der Waals surface area contributed by atoms with E-state index in [1.54, 1.807) is 0 Å². The van der Waals surface area contributed by atoms with Crippen molar-refractivity contribution in [3.05, 3.63) is 44.6 Å². The van der Waals surface area contributed by atoms with Crippen LogP contribution < -0.4 is 15.2 Å². The quantitative estimate of drug-likeness (QED) is 0.162. The van der Waals surface area contributed by atoms with Gasteiger partial charge in [0.05, 0.1) is 0 Å². The largest absolute Gasteiger partial charge is 0.481 e. The first kappa shape index (κ1) is 23.3. The van der Waals surface area contributed by atoms with Crippen LogP contribution in [0.2, 0.25) is 0 Å². The topological polar surface area (TPSA) is 195 Å². The van der Waals surface area contributed by atoms with Crippen molar-refractivity contribution in [2.45, 2.75) is 5.91 Å². The molecular formula is C13H13Cl2N7O6. The number of nitrogens with zero attached hydrogens (tertiary/aromatic N) is 6. The summed E-state index contributed by atoms with van der Waals surface area (Å²) in [6, 6.07) is 3.97. The number of hydrogen-bond acceptors (Lipinski definition) is 9. The van der Waals surface area contributed by atoms with Gasteiger partial charge in [0, 0.05) is 15.4 Å². The standard InChI is InChI=1S/C13H13Cl2N7O6/c14-11(23)4-25-9-2-1-8(3-10(9)26-5-12(15)24)13(16,27-6-19-21-17)28-7-20-22-18/h1-3H,4-7,16H2. The van der Waals surface area contributed by atoms with Crippen LogP contribution in [0, 0.1) is 0 Å². The first-order valence-corrected chi connectivity index (χ1v) is 7.93. The van der Waals surface area contributed by atoms with Gasteiger partial charge in [0.25, 0.3) is 16.4 Å². The molecule has 2 N–H and O–H groups in total. The minimum absolute atomic E-state index is 0.0426. The Morgan fingerprint density at radius 3 is 1.96 bits per heavy atom. The Morgan fingerprint density at radius 1 is 1.00 bits per heavy atom. The van der Waals surface area contributed by atoms with Crippen LogP contribution in [-0.4, -0.2) is 37.2 Å². The van der Waals surface area contributed by atoms with E-state index in [-0.39, 0.29) is 17.1 Å². The molecule has 150 valence electrons. The molecule has 0 aliphatic heterocycles. The maximum Gasteiger partial charge on any atom is 0.259 e. The van der Waals surface area contributed by atoms with E-state index in [0.29, 0.717) is 0 Å². The second-order valence-corrected chi connectivity index (χ2v) is 5.47. The lowest BCUT2D eigenvalue weighted by atomic mass is 10.1. The number of carbonyl (C=O) groups is 2. The van der Waals surface area contributed by atoms with E-state index in [1.165, 1.54) is 18.2 Å². The maximum atomic E-state index is 11.0. The number of carbonyl (C=O) groups excluding carboxylic acids is 2. The normalized spacial score (nSPS) is 12.1. The fourth-order valence-corrected chi connectivity index (χ4v) is 1.84. The summed E-state index contributed by atoms with van der Waals surface area (Å²) in [4.78, 5) is 26.9. The summed E-state index contributed by atoms with van der Waals surface area (Å²) in [5, 5.41) is 4.79. The van der Waals surface area contributed by atoms with Crippen molar-refractivity contribution >= 4 is 33.7 Å². The number of azide groups is 2. The Bertz CT molecular complexity index is 789. The van der Waals surface area contributed by atoms with Crippen LogP contribution in [0.5, 0.6) is 11.5 Å².